The Bertz CT molecular complexity index is 452. The number of carbonyl (C=O) groups excluding carboxylic acids is 2. The maximum atomic E-state index is 11.7. The predicted molar refractivity (Wildman–Crippen MR) is 64.9 cm³/mol. The third-order valence-corrected chi connectivity index (χ3v) is 3.75. The van der Waals surface area contributed by atoms with E-state index >= 15 is 0 Å². The number of rotatable bonds is 4. The molecule has 1 aromatic heterocycles. The van der Waals surface area contributed by atoms with Crippen LogP contribution in [0.2, 0.25) is 0 Å². The second kappa shape index (κ2) is 4.83. The number of nitrogens with zero attached hydrogens (tertiary/aromatic N) is 2. The average Bonchev–Trinajstić information content (AvgIpc) is 2.60. The summed E-state index contributed by atoms with van der Waals surface area (Å²) in [7, 11) is 0. The first-order valence-electron chi connectivity index (χ1n) is 5.57. The third-order valence-electron chi connectivity index (χ3n) is 2.53. The molecule has 1 aromatic rings. The molecule has 1 fully saturated rings. The molecule has 0 saturated carbocycles. The molecule has 0 aliphatic carbocycles. The van der Waals surface area contributed by atoms with Crippen LogP contribution in [0.3, 0.4) is 0 Å². The maximum absolute atomic E-state index is 11.7. The highest BCUT2D eigenvalue weighted by Gasteiger charge is 2.26. The van der Waals surface area contributed by atoms with E-state index in [1.807, 2.05) is 0 Å². The van der Waals surface area contributed by atoms with Gasteiger partial charge >= 0.3 is 5.97 Å². The van der Waals surface area contributed by atoms with Crippen molar-refractivity contribution in [3.05, 3.63) is 10.6 Å². The van der Waals surface area contributed by atoms with E-state index in [1.165, 1.54) is 18.3 Å². The van der Waals surface area contributed by atoms with Crippen molar-refractivity contribution in [1.82, 2.24) is 4.98 Å². The highest BCUT2D eigenvalue weighted by Crippen LogP contribution is 2.30. The summed E-state index contributed by atoms with van der Waals surface area (Å²) in [5.74, 6) is -0.655. The van der Waals surface area contributed by atoms with E-state index in [-0.39, 0.29) is 18.1 Å². The van der Waals surface area contributed by atoms with Gasteiger partial charge in [-0.3, -0.25) is 4.79 Å². The molecule has 1 aliphatic heterocycles. The van der Waals surface area contributed by atoms with Crippen LogP contribution in [-0.4, -0.2) is 36.4 Å². The minimum Gasteiger partial charge on any atom is -0.461 e. The number of hydrogen-bond donors (Lipinski definition) is 0. The van der Waals surface area contributed by atoms with Crippen molar-refractivity contribution >= 4 is 28.2 Å². The summed E-state index contributed by atoms with van der Waals surface area (Å²) < 4.78 is 4.90. The summed E-state index contributed by atoms with van der Waals surface area (Å²) in [6, 6.07) is 0. The summed E-state index contributed by atoms with van der Waals surface area (Å²) in [4.78, 5) is 29.8. The molecule has 5 nitrogen and oxygen atoms in total. The summed E-state index contributed by atoms with van der Waals surface area (Å²) in [6.07, 6.45) is 1.13. The molecule has 2 rings (SSSR count). The first-order chi connectivity index (χ1) is 8.13. The van der Waals surface area contributed by atoms with Crippen molar-refractivity contribution in [1.29, 1.82) is 0 Å². The average molecular weight is 254 g/mol. The number of ether oxygens (including phenoxy) is 1. The summed E-state index contributed by atoms with van der Waals surface area (Å²) >= 11 is 1.27. The number of Topliss-reactive ketones (excluding diaryl/α,β-unsaturated/α-hetero) is 1. The Hall–Kier alpha value is -1.43. The molecule has 0 N–H and O–H groups in total. The first-order valence-corrected chi connectivity index (χ1v) is 6.39. The van der Waals surface area contributed by atoms with Crippen LogP contribution in [-0.2, 0) is 4.74 Å². The van der Waals surface area contributed by atoms with Crippen molar-refractivity contribution < 1.29 is 14.3 Å². The van der Waals surface area contributed by atoms with Gasteiger partial charge in [-0.05, 0) is 13.3 Å². The molecule has 0 bridgehead atoms. The van der Waals surface area contributed by atoms with Crippen LogP contribution in [0, 0.1) is 0 Å². The molecule has 0 radical (unpaired) electrons. The standard InChI is InChI=1S/C11H14N2O3S/c1-3-16-10(15)8-9(7(2)14)17-11(12-8)13-5-4-6-13/h3-6H2,1-2H3. The van der Waals surface area contributed by atoms with Gasteiger partial charge in [-0.1, -0.05) is 11.3 Å². The Morgan fingerprint density at radius 3 is 2.65 bits per heavy atom. The Labute approximate surface area is 103 Å². The maximum Gasteiger partial charge on any atom is 0.358 e. The van der Waals surface area contributed by atoms with Crippen molar-refractivity contribution in [2.75, 3.05) is 24.6 Å². The largest absolute Gasteiger partial charge is 0.461 e. The van der Waals surface area contributed by atoms with Crippen molar-refractivity contribution in [2.45, 2.75) is 20.3 Å². The molecule has 1 saturated heterocycles. The molecule has 1 aliphatic rings. The Balaban J connectivity index is 2.31. The van der Waals surface area contributed by atoms with Gasteiger partial charge in [0.25, 0.3) is 0 Å². The minimum atomic E-state index is -0.513. The van der Waals surface area contributed by atoms with Gasteiger partial charge < -0.3 is 9.64 Å². The fourth-order valence-electron chi connectivity index (χ4n) is 1.53. The molecular weight excluding hydrogens is 240 g/mol. The zero-order valence-corrected chi connectivity index (χ0v) is 10.7. The number of ketones is 1. The quantitative estimate of drug-likeness (QED) is 0.605. The zero-order valence-electron chi connectivity index (χ0n) is 9.86. The van der Waals surface area contributed by atoms with Crippen molar-refractivity contribution in [2.24, 2.45) is 0 Å². The van der Waals surface area contributed by atoms with Crippen molar-refractivity contribution in [3.8, 4) is 0 Å². The van der Waals surface area contributed by atoms with Crippen LogP contribution < -0.4 is 4.90 Å². The number of thiazole rings is 1. The summed E-state index contributed by atoms with van der Waals surface area (Å²) in [6.45, 7) is 5.33. The topological polar surface area (TPSA) is 59.5 Å². The molecule has 17 heavy (non-hydrogen) atoms. The Kier molecular flexibility index (Phi) is 3.42. The van der Waals surface area contributed by atoms with E-state index in [9.17, 15) is 9.59 Å². The number of hydrogen-bond acceptors (Lipinski definition) is 6. The lowest BCUT2D eigenvalue weighted by molar-refractivity contribution is 0.0517. The fourth-order valence-corrected chi connectivity index (χ4v) is 2.53. The van der Waals surface area contributed by atoms with Crippen LogP contribution in [0.4, 0.5) is 5.13 Å². The summed E-state index contributed by atoms with van der Waals surface area (Å²) in [5.41, 5.74) is 0.159. The van der Waals surface area contributed by atoms with Crippen LogP contribution in [0.25, 0.3) is 0 Å². The van der Waals surface area contributed by atoms with Crippen LogP contribution in [0.15, 0.2) is 0 Å². The molecule has 0 amide bonds. The smallest absolute Gasteiger partial charge is 0.358 e. The Morgan fingerprint density at radius 2 is 2.18 bits per heavy atom. The number of aromatic nitrogens is 1. The van der Waals surface area contributed by atoms with E-state index in [0.717, 1.165) is 24.6 Å². The normalized spacial score (nSPS) is 14.4. The van der Waals surface area contributed by atoms with E-state index in [0.29, 0.717) is 4.88 Å². The van der Waals surface area contributed by atoms with Gasteiger partial charge in [-0.25, -0.2) is 9.78 Å². The number of esters is 1. The minimum absolute atomic E-state index is 0.141. The van der Waals surface area contributed by atoms with Crippen molar-refractivity contribution in [3.63, 3.8) is 0 Å². The van der Waals surface area contributed by atoms with Gasteiger partial charge in [0.1, 0.15) is 4.88 Å². The second-order valence-corrected chi connectivity index (χ2v) is 4.77. The molecule has 0 atom stereocenters. The number of anilines is 1. The predicted octanol–water partition coefficient (Wildman–Crippen LogP) is 1.73. The van der Waals surface area contributed by atoms with E-state index in [4.69, 9.17) is 4.74 Å². The van der Waals surface area contributed by atoms with Gasteiger partial charge in [0.2, 0.25) is 0 Å². The zero-order chi connectivity index (χ0) is 12.4. The monoisotopic (exact) mass is 254 g/mol. The SMILES string of the molecule is CCOC(=O)c1nc(N2CCC2)sc1C(C)=O. The van der Waals surface area contributed by atoms with Gasteiger partial charge in [0.05, 0.1) is 6.61 Å². The lowest BCUT2D eigenvalue weighted by atomic mass is 10.2. The third kappa shape index (κ3) is 2.31. The van der Waals surface area contributed by atoms with Crippen LogP contribution in [0.5, 0.6) is 0 Å². The van der Waals surface area contributed by atoms with Gasteiger partial charge in [-0.2, -0.15) is 0 Å². The van der Waals surface area contributed by atoms with Gasteiger partial charge in [0, 0.05) is 20.0 Å². The lowest BCUT2D eigenvalue weighted by Crippen LogP contribution is -2.36. The highest BCUT2D eigenvalue weighted by atomic mass is 32.1. The molecular formula is C11H14N2O3S. The number of carbonyl (C=O) groups is 2. The van der Waals surface area contributed by atoms with E-state index < -0.39 is 5.97 Å². The highest BCUT2D eigenvalue weighted by molar-refractivity contribution is 7.17. The molecule has 0 spiro atoms. The summed E-state index contributed by atoms with van der Waals surface area (Å²) in [5, 5.41) is 0.740. The molecule has 92 valence electrons. The first kappa shape index (κ1) is 12.0. The van der Waals surface area contributed by atoms with Gasteiger partial charge in [-0.15, -0.1) is 0 Å². The molecule has 2 heterocycles. The molecule has 6 heteroatoms. The lowest BCUT2D eigenvalue weighted by Gasteiger charge is -2.30. The van der Waals surface area contributed by atoms with E-state index in [1.54, 1.807) is 6.92 Å². The molecule has 0 unspecified atom stereocenters. The molecule has 0 aromatic carbocycles. The second-order valence-electron chi connectivity index (χ2n) is 3.79. The van der Waals surface area contributed by atoms with E-state index in [2.05, 4.69) is 9.88 Å². The Morgan fingerprint density at radius 1 is 1.47 bits per heavy atom. The van der Waals surface area contributed by atoms with Crippen LogP contribution >= 0.6 is 11.3 Å². The van der Waals surface area contributed by atoms with Crippen LogP contribution in [0.1, 0.15) is 40.4 Å². The van der Waals surface area contributed by atoms with Gasteiger partial charge in [0.15, 0.2) is 16.6 Å². The fraction of sp³-hybridized carbons (Fsp3) is 0.545.